The van der Waals surface area contributed by atoms with Crippen LogP contribution in [0.3, 0.4) is 0 Å². The average molecular weight is 532 g/mol. The van der Waals surface area contributed by atoms with Crippen molar-refractivity contribution >= 4 is 59.6 Å². The van der Waals surface area contributed by atoms with Crippen LogP contribution < -0.4 is 25.3 Å². The Morgan fingerprint density at radius 3 is 2.59 bits per heavy atom. The minimum Gasteiger partial charge on any atom is -0.790 e. The number of aromatic nitrogens is 4. The molecule has 4 N–H and O–H groups in total. The van der Waals surface area contributed by atoms with Gasteiger partial charge in [0.15, 0.2) is 17.7 Å². The van der Waals surface area contributed by atoms with Crippen LogP contribution in [-0.2, 0) is 27.0 Å². The second kappa shape index (κ2) is 9.10. The number of nitrogen functional groups attached to an aromatic ring is 1. The molecular weight excluding hydrogens is 521 g/mol. The number of ether oxygens (including phenoxy) is 1. The van der Waals surface area contributed by atoms with Gasteiger partial charge in [0.1, 0.15) is 30.4 Å². The minimum absolute atomic E-state index is 0.0391. The summed E-state index contributed by atoms with van der Waals surface area (Å²) in [6, 6.07) is 0. The summed E-state index contributed by atoms with van der Waals surface area (Å²) in [5, 5.41) is 20.3. The summed E-state index contributed by atoms with van der Waals surface area (Å²) in [5.41, 5.74) is 5.83. The summed E-state index contributed by atoms with van der Waals surface area (Å²) in [7, 11) is -12.1. The molecule has 1 fully saturated rings. The fraction of sp³-hybridized carbons (Fsp3) is 0.500. The molecule has 32 heavy (non-hydrogen) atoms. The molecule has 177 valence electrons. The van der Waals surface area contributed by atoms with Crippen LogP contribution in [0.2, 0.25) is 5.28 Å². The van der Waals surface area contributed by atoms with Gasteiger partial charge in [-0.3, -0.25) is 18.0 Å². The van der Waals surface area contributed by atoms with Crippen LogP contribution in [0.4, 0.5) is 5.82 Å². The zero-order valence-electron chi connectivity index (χ0n) is 15.2. The Kier molecular flexibility index (Phi) is 7.34. The van der Waals surface area contributed by atoms with E-state index in [0.717, 1.165) is 10.9 Å². The van der Waals surface area contributed by atoms with E-state index in [4.69, 9.17) is 29.6 Å². The molecule has 1 aliphatic heterocycles. The normalized spacial score (nSPS) is 28.0. The highest BCUT2D eigenvalue weighted by Crippen LogP contribution is 2.64. The number of imidazole rings is 1. The van der Waals surface area contributed by atoms with Gasteiger partial charge in [-0.25, -0.2) is 12.5 Å². The number of hydrogen-bond donors (Lipinski definition) is 3. The van der Waals surface area contributed by atoms with Crippen molar-refractivity contribution in [2.24, 2.45) is 0 Å². The molecule has 0 spiro atoms. The molecule has 6 atom stereocenters. The van der Waals surface area contributed by atoms with E-state index in [1.54, 1.807) is 0 Å². The van der Waals surface area contributed by atoms with Gasteiger partial charge in [0.05, 0.1) is 14.2 Å². The standard InChI is InChI=1S/C10H14BClN5O12P3/c11-30(20,28-32(24,25)29-31(21,22)23)26-1-3-5(18)6(19)9(27-3)17-2-14-4-7(13)15-10(12)16-8(4)17/h2-3,5-6,9,18-19H,1H2,(H,24,25)(H2,13,15,16)(H2,21,22,23)/q-1/p-3. The van der Waals surface area contributed by atoms with Crippen molar-refractivity contribution < 1.29 is 56.8 Å². The molecule has 3 rings (SSSR count). The highest BCUT2D eigenvalue weighted by Gasteiger charge is 2.45. The number of halogens is 1. The van der Waals surface area contributed by atoms with Gasteiger partial charge in [0.2, 0.25) is 5.28 Å². The number of aliphatic hydroxyl groups excluding tert-OH is 2. The second-order valence-electron chi connectivity index (χ2n) is 6.14. The number of phosphoric acid groups is 2. The molecule has 0 amide bonds. The molecule has 3 radical (unpaired) electrons. The predicted octanol–water partition coefficient (Wildman–Crippen LogP) is -3.77. The summed E-state index contributed by atoms with van der Waals surface area (Å²) in [6.45, 7) is -0.917. The van der Waals surface area contributed by atoms with Gasteiger partial charge in [-0.2, -0.15) is 14.3 Å². The molecule has 2 aromatic heterocycles. The predicted molar refractivity (Wildman–Crippen MR) is 96.7 cm³/mol. The van der Waals surface area contributed by atoms with Crippen LogP contribution in [-0.4, -0.2) is 62.2 Å². The van der Waals surface area contributed by atoms with Gasteiger partial charge >= 0.3 is 7.82 Å². The molecule has 2 aromatic rings. The first-order chi connectivity index (χ1) is 14.6. The lowest BCUT2D eigenvalue weighted by atomic mass is 10.1. The van der Waals surface area contributed by atoms with Crippen LogP contribution in [0.5, 0.6) is 0 Å². The number of aliphatic hydroxyl groups is 2. The maximum Gasteiger partial charge on any atom is 0.307 e. The first-order valence-electron chi connectivity index (χ1n) is 8.05. The Bertz CT molecular complexity index is 1100. The third-order valence-electron chi connectivity index (χ3n) is 3.87. The Hall–Kier alpha value is -0.805. The molecule has 0 bridgehead atoms. The van der Waals surface area contributed by atoms with Gasteiger partial charge in [-0.15, -0.1) is 0 Å². The van der Waals surface area contributed by atoms with E-state index in [9.17, 15) is 38.9 Å². The number of anilines is 1. The Balaban J connectivity index is 1.71. The molecule has 0 aliphatic carbocycles. The maximum atomic E-state index is 11.9. The summed E-state index contributed by atoms with van der Waals surface area (Å²) < 4.78 is 39.7. The van der Waals surface area contributed by atoms with E-state index < -0.39 is 54.6 Å². The van der Waals surface area contributed by atoms with Gasteiger partial charge in [0.25, 0.3) is 0 Å². The van der Waals surface area contributed by atoms with Crippen molar-refractivity contribution in [1.82, 2.24) is 19.5 Å². The Morgan fingerprint density at radius 1 is 1.31 bits per heavy atom. The van der Waals surface area contributed by atoms with Crippen LogP contribution in [0.15, 0.2) is 6.33 Å². The highest BCUT2D eigenvalue weighted by molar-refractivity contribution is 7.87. The summed E-state index contributed by atoms with van der Waals surface area (Å²) >= 11 is 5.76. The number of hydrogen-bond acceptors (Lipinski definition) is 16. The first-order valence-corrected chi connectivity index (χ1v) is 13.0. The quantitative estimate of drug-likeness (QED) is 0.167. The fourth-order valence-electron chi connectivity index (χ4n) is 2.67. The second-order valence-corrected chi connectivity index (χ2v) is 10.9. The third kappa shape index (κ3) is 6.00. The van der Waals surface area contributed by atoms with Crippen LogP contribution >= 0.6 is 35.1 Å². The Morgan fingerprint density at radius 2 is 1.97 bits per heavy atom. The van der Waals surface area contributed by atoms with Crippen molar-refractivity contribution in [2.75, 3.05) is 12.3 Å². The van der Waals surface area contributed by atoms with Crippen LogP contribution in [0.1, 0.15) is 6.23 Å². The minimum atomic E-state index is -6.06. The lowest BCUT2D eigenvalue weighted by Gasteiger charge is -2.43. The maximum absolute atomic E-state index is 11.9. The molecular formula is C10H11BClN5O12P3-4. The zero-order valence-corrected chi connectivity index (χ0v) is 18.7. The molecule has 0 aromatic carbocycles. The molecule has 1 saturated heterocycles. The van der Waals surface area contributed by atoms with E-state index in [0.29, 0.717) is 0 Å². The average Bonchev–Trinajstić information content (AvgIpc) is 3.12. The number of fused-ring (bicyclic) bond motifs is 1. The van der Waals surface area contributed by atoms with Crippen molar-refractivity contribution in [3.8, 4) is 0 Å². The number of rotatable bonds is 8. The van der Waals surface area contributed by atoms with Crippen molar-refractivity contribution in [3.05, 3.63) is 11.6 Å². The van der Waals surface area contributed by atoms with Crippen LogP contribution in [0, 0.1) is 0 Å². The van der Waals surface area contributed by atoms with Gasteiger partial charge in [0, 0.05) is 0 Å². The van der Waals surface area contributed by atoms with E-state index in [1.807, 2.05) is 0 Å². The molecule has 17 nitrogen and oxygen atoms in total. The first kappa shape index (κ1) is 25.8. The lowest BCUT2D eigenvalue weighted by molar-refractivity contribution is -0.339. The highest BCUT2D eigenvalue weighted by atomic mass is 35.5. The molecule has 22 heteroatoms. The lowest BCUT2D eigenvalue weighted by Crippen LogP contribution is -2.34. The fourth-order valence-corrected chi connectivity index (χ4v) is 5.87. The van der Waals surface area contributed by atoms with E-state index in [2.05, 4.69) is 28.1 Å². The van der Waals surface area contributed by atoms with E-state index in [1.165, 1.54) is 0 Å². The number of nitrogens with zero attached hydrogens (tertiary/aromatic N) is 4. The van der Waals surface area contributed by atoms with E-state index >= 15 is 0 Å². The summed E-state index contributed by atoms with van der Waals surface area (Å²) in [5.74, 6) is -0.0714. The van der Waals surface area contributed by atoms with Gasteiger partial charge < -0.3 is 44.8 Å². The monoisotopic (exact) mass is 532 g/mol. The Labute approximate surface area is 184 Å². The van der Waals surface area contributed by atoms with Crippen molar-refractivity contribution in [3.63, 3.8) is 0 Å². The molecule has 0 saturated carbocycles. The number of nitrogens with two attached hydrogens (primary N) is 1. The molecule has 3 heterocycles. The smallest absolute Gasteiger partial charge is 0.307 e. The van der Waals surface area contributed by atoms with Crippen LogP contribution in [0.25, 0.3) is 11.2 Å². The third-order valence-corrected chi connectivity index (χ3v) is 7.85. The largest absolute Gasteiger partial charge is 0.790 e. The summed E-state index contributed by atoms with van der Waals surface area (Å²) in [6.07, 6.45) is -4.96. The molecule has 1 aliphatic rings. The summed E-state index contributed by atoms with van der Waals surface area (Å²) in [4.78, 5) is 55.6. The SMILES string of the molecule is [B-][P+]([O-])(OCC1OC(n2cnc3c(N)nc(Cl)nc32)C(O)C1O)OP(=O)([O-])OP(=O)([O-])[O-]. The van der Waals surface area contributed by atoms with Crippen molar-refractivity contribution in [1.29, 1.82) is 0 Å². The topological polar surface area (TPSA) is 273 Å². The molecule has 6 unspecified atom stereocenters. The zero-order chi connectivity index (χ0) is 24.1. The van der Waals surface area contributed by atoms with Crippen molar-refractivity contribution in [2.45, 2.75) is 24.5 Å². The van der Waals surface area contributed by atoms with E-state index in [-0.39, 0.29) is 22.3 Å². The van der Waals surface area contributed by atoms with Gasteiger partial charge in [-0.05, 0) is 19.4 Å². The van der Waals surface area contributed by atoms with Gasteiger partial charge in [-0.1, -0.05) is 0 Å².